The van der Waals surface area contributed by atoms with Gasteiger partial charge in [-0.2, -0.15) is 0 Å². The lowest BCUT2D eigenvalue weighted by molar-refractivity contribution is -0.387. The molecule has 0 aliphatic carbocycles. The number of rotatable bonds is 4. The van der Waals surface area contributed by atoms with Crippen molar-refractivity contribution in [2.75, 3.05) is 0 Å². The van der Waals surface area contributed by atoms with Crippen LogP contribution in [0.4, 0.5) is 5.69 Å². The predicted octanol–water partition coefficient (Wildman–Crippen LogP) is 5.66. The van der Waals surface area contributed by atoms with E-state index in [1.165, 1.54) is 17.4 Å². The van der Waals surface area contributed by atoms with Crippen molar-refractivity contribution in [2.24, 2.45) is 0 Å². The van der Waals surface area contributed by atoms with Crippen LogP contribution in [-0.4, -0.2) is 15.1 Å². The van der Waals surface area contributed by atoms with Gasteiger partial charge in [-0.25, -0.2) is 0 Å². The highest BCUT2D eigenvalue weighted by Crippen LogP contribution is 2.42. The minimum Gasteiger partial charge on any atom is -0.410 e. The fraction of sp³-hybridized carbons (Fsp3) is 0. The molecule has 2 aromatic heterocycles. The number of aromatic nitrogens is 2. The fourth-order valence-corrected chi connectivity index (χ4v) is 4.50. The molecule has 4 rings (SSSR count). The Bertz CT molecular complexity index is 1090. The van der Waals surface area contributed by atoms with Gasteiger partial charge in [-0.15, -0.1) is 21.5 Å². The normalized spacial score (nSPS) is 11.1. The Morgan fingerprint density at radius 1 is 1.12 bits per heavy atom. The number of benzene rings is 2. The van der Waals surface area contributed by atoms with Gasteiger partial charge in [0.2, 0.25) is 0 Å². The van der Waals surface area contributed by atoms with E-state index in [0.717, 1.165) is 21.8 Å². The van der Waals surface area contributed by atoms with Crippen LogP contribution in [0.25, 0.3) is 20.9 Å². The van der Waals surface area contributed by atoms with Crippen molar-refractivity contribution < 1.29 is 9.34 Å². The van der Waals surface area contributed by atoms with Gasteiger partial charge in [0.05, 0.1) is 14.8 Å². The van der Waals surface area contributed by atoms with Crippen LogP contribution in [0.15, 0.2) is 63.1 Å². The highest BCUT2D eigenvalue weighted by atomic mass is 35.5. The van der Waals surface area contributed by atoms with Gasteiger partial charge in [-0.05, 0) is 23.9 Å². The van der Waals surface area contributed by atoms with Gasteiger partial charge in [0.15, 0.2) is 0 Å². The molecule has 25 heavy (non-hydrogen) atoms. The molecule has 0 fully saturated rings. The van der Waals surface area contributed by atoms with E-state index in [4.69, 9.17) is 16.0 Å². The van der Waals surface area contributed by atoms with Crippen molar-refractivity contribution in [1.82, 2.24) is 10.2 Å². The molecular weight excluding hydrogens is 382 g/mol. The Labute approximate surface area is 154 Å². The van der Waals surface area contributed by atoms with Gasteiger partial charge in [-0.1, -0.05) is 41.9 Å². The van der Waals surface area contributed by atoms with Crippen molar-refractivity contribution >= 4 is 50.5 Å². The molecule has 2 aromatic carbocycles. The first-order chi connectivity index (χ1) is 12.1. The van der Waals surface area contributed by atoms with E-state index in [1.807, 2.05) is 24.3 Å². The summed E-state index contributed by atoms with van der Waals surface area (Å²) in [7, 11) is 0. The van der Waals surface area contributed by atoms with E-state index in [0.29, 0.717) is 20.7 Å². The van der Waals surface area contributed by atoms with Gasteiger partial charge < -0.3 is 4.42 Å². The summed E-state index contributed by atoms with van der Waals surface area (Å²) in [5, 5.41) is 20.8. The summed E-state index contributed by atoms with van der Waals surface area (Å²) in [6, 6.07) is 14.1. The maximum absolute atomic E-state index is 11.1. The molecule has 4 aromatic rings. The molecule has 0 amide bonds. The van der Waals surface area contributed by atoms with Crippen LogP contribution in [0.1, 0.15) is 0 Å². The number of hydrogen-bond acceptors (Lipinski definition) is 7. The summed E-state index contributed by atoms with van der Waals surface area (Å²) >= 11 is 8.92. The molecule has 0 radical (unpaired) electrons. The lowest BCUT2D eigenvalue weighted by Gasteiger charge is -1.98. The predicted molar refractivity (Wildman–Crippen MR) is 97.3 cm³/mol. The maximum atomic E-state index is 11.1. The zero-order valence-corrected chi connectivity index (χ0v) is 14.8. The summed E-state index contributed by atoms with van der Waals surface area (Å²) in [6.45, 7) is 0. The van der Waals surface area contributed by atoms with E-state index in [-0.39, 0.29) is 10.9 Å². The lowest BCUT2D eigenvalue weighted by Crippen LogP contribution is -1.89. The van der Waals surface area contributed by atoms with Crippen LogP contribution >= 0.6 is 34.7 Å². The Morgan fingerprint density at radius 3 is 2.68 bits per heavy atom. The summed E-state index contributed by atoms with van der Waals surface area (Å²) < 4.78 is 6.68. The Hall–Kier alpha value is -2.42. The SMILES string of the molecule is O=[N+]([O-])c1ccccc1Sc1nnc(-c2sc3ccccc3c2Cl)o1. The van der Waals surface area contributed by atoms with Crippen LogP contribution in [0.2, 0.25) is 5.02 Å². The van der Waals surface area contributed by atoms with Gasteiger partial charge in [0.25, 0.3) is 16.8 Å². The molecule has 0 unspecified atom stereocenters. The molecule has 0 N–H and O–H groups in total. The molecule has 0 bridgehead atoms. The fourth-order valence-electron chi connectivity index (χ4n) is 2.28. The van der Waals surface area contributed by atoms with E-state index >= 15 is 0 Å². The summed E-state index contributed by atoms with van der Waals surface area (Å²) in [5.41, 5.74) is -0.00727. The molecule has 124 valence electrons. The number of nitro groups is 1. The third kappa shape index (κ3) is 2.99. The second-order valence-electron chi connectivity index (χ2n) is 4.94. The van der Waals surface area contributed by atoms with Gasteiger partial charge in [-0.3, -0.25) is 10.1 Å². The average Bonchev–Trinajstić information content (AvgIpc) is 3.20. The molecular formula is C16H8ClN3O3S2. The molecule has 2 heterocycles. The number of para-hydroxylation sites is 1. The second kappa shape index (κ2) is 6.47. The first-order valence-electron chi connectivity index (χ1n) is 7.05. The average molecular weight is 390 g/mol. The van der Waals surface area contributed by atoms with E-state index in [2.05, 4.69) is 10.2 Å². The van der Waals surface area contributed by atoms with Crippen LogP contribution < -0.4 is 0 Å². The largest absolute Gasteiger partial charge is 0.410 e. The van der Waals surface area contributed by atoms with Crippen molar-refractivity contribution in [2.45, 2.75) is 10.1 Å². The van der Waals surface area contributed by atoms with Crippen LogP contribution in [0, 0.1) is 10.1 Å². The molecule has 6 nitrogen and oxygen atoms in total. The Kier molecular flexibility index (Phi) is 4.16. The number of hydrogen-bond donors (Lipinski definition) is 0. The van der Waals surface area contributed by atoms with E-state index in [9.17, 15) is 10.1 Å². The van der Waals surface area contributed by atoms with Crippen LogP contribution in [0.3, 0.4) is 0 Å². The highest BCUT2D eigenvalue weighted by molar-refractivity contribution is 7.99. The summed E-state index contributed by atoms with van der Waals surface area (Å²) in [6.07, 6.45) is 0. The van der Waals surface area contributed by atoms with Crippen LogP contribution in [-0.2, 0) is 0 Å². The Morgan fingerprint density at radius 2 is 1.88 bits per heavy atom. The number of nitro benzene ring substituents is 1. The lowest BCUT2D eigenvalue weighted by atomic mass is 10.2. The smallest absolute Gasteiger partial charge is 0.283 e. The Balaban J connectivity index is 1.69. The molecule has 0 saturated heterocycles. The van der Waals surface area contributed by atoms with Gasteiger partial charge in [0, 0.05) is 16.2 Å². The highest BCUT2D eigenvalue weighted by Gasteiger charge is 2.20. The first-order valence-corrected chi connectivity index (χ1v) is 9.07. The topological polar surface area (TPSA) is 82.1 Å². The zero-order chi connectivity index (χ0) is 17.4. The van der Waals surface area contributed by atoms with E-state index < -0.39 is 4.92 Å². The van der Waals surface area contributed by atoms with Gasteiger partial charge in [0.1, 0.15) is 4.88 Å². The molecule has 0 spiro atoms. The molecule has 9 heteroatoms. The zero-order valence-electron chi connectivity index (χ0n) is 12.4. The minimum atomic E-state index is -0.442. The number of thiophene rings is 1. The van der Waals surface area contributed by atoms with Crippen LogP contribution in [0.5, 0.6) is 0 Å². The molecule has 0 aliphatic heterocycles. The quantitative estimate of drug-likeness (QED) is 0.330. The van der Waals surface area contributed by atoms with E-state index in [1.54, 1.807) is 18.2 Å². The van der Waals surface area contributed by atoms with Gasteiger partial charge >= 0.3 is 0 Å². The van der Waals surface area contributed by atoms with Crippen molar-refractivity contribution in [3.63, 3.8) is 0 Å². The number of halogens is 1. The monoisotopic (exact) mass is 389 g/mol. The minimum absolute atomic E-state index is 0.00727. The maximum Gasteiger partial charge on any atom is 0.283 e. The first kappa shape index (κ1) is 16.1. The molecule has 0 atom stereocenters. The van der Waals surface area contributed by atoms with Crippen molar-refractivity contribution in [3.8, 4) is 10.8 Å². The van der Waals surface area contributed by atoms with Crippen molar-refractivity contribution in [3.05, 3.63) is 63.7 Å². The molecule has 0 saturated carbocycles. The summed E-state index contributed by atoms with van der Waals surface area (Å²) in [5.74, 6) is 0.298. The third-order valence-electron chi connectivity index (χ3n) is 3.39. The third-order valence-corrected chi connectivity index (χ3v) is 5.96. The standard InChI is InChI=1S/C16H8ClN3O3S2/c17-13-9-5-1-3-7-11(9)24-14(13)15-18-19-16(23-15)25-12-8-4-2-6-10(12)20(21)22/h1-8H. The van der Waals surface area contributed by atoms with Crippen molar-refractivity contribution in [1.29, 1.82) is 0 Å². The number of nitrogens with zero attached hydrogens (tertiary/aromatic N) is 3. The number of fused-ring (bicyclic) bond motifs is 1. The summed E-state index contributed by atoms with van der Waals surface area (Å²) in [4.78, 5) is 11.8. The second-order valence-corrected chi connectivity index (χ2v) is 7.36. The molecule has 0 aliphatic rings.